The maximum atomic E-state index is 6.62. The molecule has 0 unspecified atom stereocenters. The fourth-order valence-corrected chi connectivity index (χ4v) is 13.1. The van der Waals surface area contributed by atoms with Crippen LogP contribution in [0.15, 0.2) is 211 Å². The van der Waals surface area contributed by atoms with Gasteiger partial charge in [-0.25, -0.2) is 9.97 Å². The molecule has 0 bridgehead atoms. The summed E-state index contributed by atoms with van der Waals surface area (Å²) in [5.41, 5.74) is 26.4. The molecule has 0 spiro atoms. The lowest BCUT2D eigenvalue weighted by atomic mass is 9.91. The maximum absolute atomic E-state index is 6.62. The van der Waals surface area contributed by atoms with Crippen LogP contribution in [0, 0.1) is 41.5 Å². The van der Waals surface area contributed by atoms with Gasteiger partial charge in [-0.1, -0.05) is 132 Å². The van der Waals surface area contributed by atoms with Crippen molar-refractivity contribution in [3.05, 3.63) is 240 Å². The molecule has 0 radical (unpaired) electrons. The Bertz CT molecular complexity index is 4920. The Morgan fingerprint density at radius 2 is 1.04 bits per heavy atom. The molecule has 0 amide bonds. The van der Waals surface area contributed by atoms with E-state index in [9.17, 15) is 0 Å². The predicted octanol–water partition coefficient (Wildman–Crippen LogP) is 19.2. The van der Waals surface area contributed by atoms with E-state index in [0.717, 1.165) is 127 Å². The molecule has 15 aromatic rings. The van der Waals surface area contributed by atoms with Crippen LogP contribution < -0.4 is 0 Å². The molecule has 0 saturated carbocycles. The average molecular weight is 1000 g/mol. The van der Waals surface area contributed by atoms with Gasteiger partial charge in [0.1, 0.15) is 22.8 Å². The van der Waals surface area contributed by atoms with Crippen LogP contribution in [0.5, 0.6) is 0 Å². The lowest BCUT2D eigenvalue weighted by Crippen LogP contribution is -1.99. The van der Waals surface area contributed by atoms with Crippen molar-refractivity contribution >= 4 is 76.6 Å². The van der Waals surface area contributed by atoms with Crippen LogP contribution in [0.25, 0.3) is 144 Å². The molecular formula is C72H53N5O. The van der Waals surface area contributed by atoms with Gasteiger partial charge in [0.2, 0.25) is 0 Å². The van der Waals surface area contributed by atoms with Gasteiger partial charge in [-0.15, -0.1) is 0 Å². The van der Waals surface area contributed by atoms with Crippen molar-refractivity contribution in [2.75, 3.05) is 0 Å². The zero-order valence-electron chi connectivity index (χ0n) is 44.3. The average Bonchev–Trinajstić information content (AvgIpc) is 4.42. The molecule has 10 aromatic carbocycles. The number of nitrogens with one attached hydrogen (secondary N) is 1. The van der Waals surface area contributed by atoms with Gasteiger partial charge in [0.05, 0.1) is 27.6 Å². The topological polar surface area (TPSA) is 64.6 Å². The summed E-state index contributed by atoms with van der Waals surface area (Å²) in [6, 6.07) is 72.9. The number of fused-ring (bicyclic) bond motifs is 10. The molecule has 0 fully saturated rings. The van der Waals surface area contributed by atoms with E-state index >= 15 is 0 Å². The highest BCUT2D eigenvalue weighted by atomic mass is 16.3. The number of para-hydroxylation sites is 3. The van der Waals surface area contributed by atoms with Crippen molar-refractivity contribution in [1.82, 2.24) is 24.1 Å². The minimum absolute atomic E-state index is 0.834. The van der Waals surface area contributed by atoms with E-state index in [2.05, 4.69) is 250 Å². The number of imidazole rings is 1. The predicted molar refractivity (Wildman–Crippen MR) is 325 cm³/mol. The third kappa shape index (κ3) is 7.10. The van der Waals surface area contributed by atoms with Crippen LogP contribution in [-0.4, -0.2) is 24.1 Å². The standard InChI is InChI=1S/C72H53N5O/c1-41-29-43(3)68(44(4)30-41)49-27-28-73-67(38-49)77-62-36-48(25-26-54(62)57-39-58-55-22-14-16-24-65(55)78-66(58)40-63(57)77)56-35-51(69-45(5)31-42(2)32-46(69)6)37-64-71(56)75-72(76(64)52-19-11-8-12-20-52)60-34-50(47-17-9-7-10-18-47)33-59-53-21-13-15-23-61(53)74-70(59)60/h7-40,74H,1-6H3. The SMILES string of the molecule is Cc1cc(C)c(-c2ccnc(-n3c4cc(-c5cc(-c6c(C)cc(C)cc6C)cc6c5nc(-c5cc(-c7ccccc7)cc7c5[nH]c5ccccc57)n6-c5ccccc5)ccc4c4cc5c(cc43)oc3ccccc35)c2)c(C)c1. The van der Waals surface area contributed by atoms with Crippen molar-refractivity contribution in [2.45, 2.75) is 41.5 Å². The third-order valence-electron chi connectivity index (χ3n) is 16.2. The Morgan fingerprint density at radius 3 is 1.79 bits per heavy atom. The van der Waals surface area contributed by atoms with Gasteiger partial charge in [0, 0.05) is 66.9 Å². The Labute approximate surface area is 451 Å². The molecule has 0 aliphatic carbocycles. The van der Waals surface area contributed by atoms with E-state index in [-0.39, 0.29) is 0 Å². The van der Waals surface area contributed by atoms with Crippen molar-refractivity contribution in [2.24, 2.45) is 0 Å². The second kappa shape index (κ2) is 17.4. The molecule has 6 heteroatoms. The number of H-pyrrole nitrogens is 1. The molecule has 372 valence electrons. The van der Waals surface area contributed by atoms with Crippen LogP contribution in [0.3, 0.4) is 0 Å². The maximum Gasteiger partial charge on any atom is 0.147 e. The number of nitrogens with zero attached hydrogens (tertiary/aromatic N) is 4. The second-order valence-corrected chi connectivity index (χ2v) is 21.5. The summed E-state index contributed by atoms with van der Waals surface area (Å²) in [6.07, 6.45) is 1.96. The molecule has 5 heterocycles. The first-order valence-electron chi connectivity index (χ1n) is 26.9. The zero-order valence-corrected chi connectivity index (χ0v) is 44.3. The van der Waals surface area contributed by atoms with Crippen molar-refractivity contribution < 1.29 is 4.42 Å². The summed E-state index contributed by atoms with van der Waals surface area (Å²) in [7, 11) is 0. The van der Waals surface area contributed by atoms with E-state index in [1.54, 1.807) is 0 Å². The molecule has 5 aromatic heterocycles. The number of aromatic amines is 1. The number of aromatic nitrogens is 5. The zero-order chi connectivity index (χ0) is 52.5. The lowest BCUT2D eigenvalue weighted by Gasteiger charge is -2.16. The molecular weight excluding hydrogens is 951 g/mol. The van der Waals surface area contributed by atoms with Gasteiger partial charge in [-0.3, -0.25) is 9.13 Å². The number of aryl methyl sites for hydroxylation is 6. The highest BCUT2D eigenvalue weighted by Gasteiger charge is 2.26. The Hall–Kier alpha value is -9.78. The Kier molecular flexibility index (Phi) is 10.2. The molecule has 78 heavy (non-hydrogen) atoms. The summed E-state index contributed by atoms with van der Waals surface area (Å²) in [4.78, 5) is 15.0. The smallest absolute Gasteiger partial charge is 0.147 e. The van der Waals surface area contributed by atoms with E-state index < -0.39 is 0 Å². The largest absolute Gasteiger partial charge is 0.456 e. The highest BCUT2D eigenvalue weighted by Crippen LogP contribution is 2.46. The minimum Gasteiger partial charge on any atom is -0.456 e. The lowest BCUT2D eigenvalue weighted by molar-refractivity contribution is 0.669. The monoisotopic (exact) mass is 1000 g/mol. The van der Waals surface area contributed by atoms with Gasteiger partial charge in [-0.05, 0) is 176 Å². The van der Waals surface area contributed by atoms with Crippen molar-refractivity contribution in [3.63, 3.8) is 0 Å². The summed E-state index contributed by atoms with van der Waals surface area (Å²) < 4.78 is 11.3. The fourth-order valence-electron chi connectivity index (χ4n) is 13.1. The van der Waals surface area contributed by atoms with Crippen molar-refractivity contribution in [1.29, 1.82) is 0 Å². The number of rotatable bonds is 7. The number of benzene rings is 10. The third-order valence-corrected chi connectivity index (χ3v) is 16.2. The Balaban J connectivity index is 1.05. The van der Waals surface area contributed by atoms with Gasteiger partial charge in [0.25, 0.3) is 0 Å². The molecule has 0 saturated heterocycles. The molecule has 0 aliphatic rings. The first-order chi connectivity index (χ1) is 38.1. The Morgan fingerprint density at radius 1 is 0.397 bits per heavy atom. The van der Waals surface area contributed by atoms with Crippen LogP contribution in [0.4, 0.5) is 0 Å². The van der Waals surface area contributed by atoms with Crippen molar-refractivity contribution in [3.8, 4) is 67.4 Å². The summed E-state index contributed by atoms with van der Waals surface area (Å²) in [5.74, 6) is 1.69. The van der Waals surface area contributed by atoms with Gasteiger partial charge in [-0.2, -0.15) is 0 Å². The van der Waals surface area contributed by atoms with E-state index in [1.807, 2.05) is 12.3 Å². The number of furan rings is 1. The first kappa shape index (κ1) is 45.6. The quantitative estimate of drug-likeness (QED) is 0.173. The molecule has 6 nitrogen and oxygen atoms in total. The number of pyridine rings is 1. The van der Waals surface area contributed by atoms with Gasteiger partial charge >= 0.3 is 0 Å². The van der Waals surface area contributed by atoms with Crippen LogP contribution in [0.1, 0.15) is 33.4 Å². The molecule has 0 atom stereocenters. The molecule has 0 aliphatic heterocycles. The summed E-state index contributed by atoms with van der Waals surface area (Å²) in [5, 5.41) is 6.78. The summed E-state index contributed by atoms with van der Waals surface area (Å²) >= 11 is 0. The fraction of sp³-hybridized carbons (Fsp3) is 0.0833. The molecule has 15 rings (SSSR count). The number of hydrogen-bond donors (Lipinski definition) is 1. The van der Waals surface area contributed by atoms with Crippen LogP contribution in [-0.2, 0) is 0 Å². The van der Waals surface area contributed by atoms with E-state index in [4.69, 9.17) is 14.4 Å². The van der Waals surface area contributed by atoms with Gasteiger partial charge < -0.3 is 9.40 Å². The van der Waals surface area contributed by atoms with E-state index in [0.29, 0.717) is 0 Å². The highest BCUT2D eigenvalue weighted by molar-refractivity contribution is 6.18. The normalized spacial score (nSPS) is 12.0. The molecule has 1 N–H and O–H groups in total. The number of hydrogen-bond acceptors (Lipinski definition) is 3. The second-order valence-electron chi connectivity index (χ2n) is 21.5. The van der Waals surface area contributed by atoms with Crippen LogP contribution in [0.2, 0.25) is 0 Å². The summed E-state index contributed by atoms with van der Waals surface area (Å²) in [6.45, 7) is 13.3. The van der Waals surface area contributed by atoms with Crippen LogP contribution >= 0.6 is 0 Å². The minimum atomic E-state index is 0.834. The first-order valence-corrected chi connectivity index (χ1v) is 26.9. The van der Waals surface area contributed by atoms with Gasteiger partial charge in [0.15, 0.2) is 0 Å². The van der Waals surface area contributed by atoms with E-state index in [1.165, 1.54) is 49.9 Å².